The third-order valence-electron chi connectivity index (χ3n) is 2.03. The van der Waals surface area contributed by atoms with Gasteiger partial charge < -0.3 is 10.2 Å². The smallest absolute Gasteiger partial charge is 0.237 e. The molecule has 0 saturated carbocycles. The highest BCUT2D eigenvalue weighted by atomic mass is 35.5. The molecule has 0 aromatic rings. The van der Waals surface area contributed by atoms with Crippen LogP contribution in [0.15, 0.2) is 0 Å². The average Bonchev–Trinajstić information content (AvgIpc) is 1.79. The topological polar surface area (TPSA) is 32.3 Å². The highest BCUT2D eigenvalue weighted by molar-refractivity contribution is 6.27. The van der Waals surface area contributed by atoms with Crippen LogP contribution >= 0.6 is 11.6 Å². The first kappa shape index (κ1) is 9.81. The molecule has 0 radical (unpaired) electrons. The molecule has 1 amide bonds. The lowest BCUT2D eigenvalue weighted by Crippen LogP contribution is -2.42. The standard InChI is InChI=1S/C5H8ClNO.C3H7N/c6-4-5(8)7-2-1-3-7;1-2-4-3-1/h1-4H2;4H,1-3H2. The Balaban J connectivity index is 0.000000150. The zero-order valence-corrected chi connectivity index (χ0v) is 7.94. The number of nitrogens with one attached hydrogen (secondary N) is 1. The number of hydrogen-bond acceptors (Lipinski definition) is 2. The lowest BCUT2D eigenvalue weighted by atomic mass is 10.2. The molecule has 1 N–H and O–H groups in total. The maximum Gasteiger partial charge on any atom is 0.237 e. The van der Waals surface area contributed by atoms with E-state index < -0.39 is 0 Å². The van der Waals surface area contributed by atoms with E-state index in [0.717, 1.165) is 19.5 Å². The molecule has 0 aliphatic carbocycles. The number of amides is 1. The summed E-state index contributed by atoms with van der Waals surface area (Å²) in [7, 11) is 0. The fourth-order valence-corrected chi connectivity index (χ4v) is 0.996. The molecule has 0 bridgehead atoms. The fourth-order valence-electron chi connectivity index (χ4n) is 0.827. The first-order chi connectivity index (χ1) is 5.84. The molecular weight excluding hydrogens is 176 g/mol. The van der Waals surface area contributed by atoms with E-state index in [-0.39, 0.29) is 11.8 Å². The Morgan fingerprint density at radius 2 is 1.83 bits per heavy atom. The summed E-state index contributed by atoms with van der Waals surface area (Å²) in [5, 5.41) is 3.11. The number of likely N-dealkylation sites (tertiary alicyclic amines) is 1. The second-order valence-corrected chi connectivity index (χ2v) is 3.24. The van der Waals surface area contributed by atoms with E-state index in [2.05, 4.69) is 5.32 Å². The molecule has 0 unspecified atom stereocenters. The van der Waals surface area contributed by atoms with E-state index in [1.807, 2.05) is 0 Å². The number of rotatable bonds is 1. The molecule has 0 aromatic carbocycles. The van der Waals surface area contributed by atoms with Crippen LogP contribution in [0.5, 0.6) is 0 Å². The minimum absolute atomic E-state index is 0.0675. The lowest BCUT2D eigenvalue weighted by Gasteiger charge is -2.29. The van der Waals surface area contributed by atoms with Crippen molar-refractivity contribution in [2.45, 2.75) is 12.8 Å². The Hall–Kier alpha value is -0.280. The second kappa shape index (κ2) is 5.38. The maximum atomic E-state index is 10.6. The van der Waals surface area contributed by atoms with Gasteiger partial charge in [-0.25, -0.2) is 0 Å². The molecule has 2 heterocycles. The van der Waals surface area contributed by atoms with Crippen molar-refractivity contribution in [3.05, 3.63) is 0 Å². The van der Waals surface area contributed by atoms with Gasteiger partial charge in [0.15, 0.2) is 0 Å². The van der Waals surface area contributed by atoms with E-state index in [1.165, 1.54) is 19.5 Å². The molecule has 2 fully saturated rings. The molecule has 0 spiro atoms. The molecule has 2 aliphatic rings. The summed E-state index contributed by atoms with van der Waals surface area (Å²) < 4.78 is 0. The van der Waals surface area contributed by atoms with E-state index >= 15 is 0 Å². The summed E-state index contributed by atoms with van der Waals surface area (Å²) in [6, 6.07) is 0. The van der Waals surface area contributed by atoms with E-state index in [9.17, 15) is 4.79 Å². The predicted molar refractivity (Wildman–Crippen MR) is 49.4 cm³/mol. The molecule has 3 nitrogen and oxygen atoms in total. The first-order valence-corrected chi connectivity index (χ1v) is 4.92. The van der Waals surface area contributed by atoms with Crippen molar-refractivity contribution in [3.63, 3.8) is 0 Å². The van der Waals surface area contributed by atoms with Gasteiger partial charge >= 0.3 is 0 Å². The fraction of sp³-hybridized carbons (Fsp3) is 0.875. The van der Waals surface area contributed by atoms with Crippen LogP contribution in [0.4, 0.5) is 0 Å². The van der Waals surface area contributed by atoms with Crippen LogP contribution in [0.2, 0.25) is 0 Å². The van der Waals surface area contributed by atoms with Crippen LogP contribution in [0, 0.1) is 0 Å². The Bertz CT molecular complexity index is 140. The SMILES string of the molecule is C1CNC1.O=C(CCl)N1CCC1. The summed E-state index contributed by atoms with van der Waals surface area (Å²) >= 11 is 5.27. The third kappa shape index (κ3) is 2.99. The Labute approximate surface area is 78.1 Å². The highest BCUT2D eigenvalue weighted by Crippen LogP contribution is 2.05. The number of halogens is 1. The van der Waals surface area contributed by atoms with Crippen molar-refractivity contribution in [2.24, 2.45) is 0 Å². The highest BCUT2D eigenvalue weighted by Gasteiger charge is 2.18. The predicted octanol–water partition coefficient (Wildman–Crippen LogP) is 0.437. The van der Waals surface area contributed by atoms with Gasteiger partial charge in [0.2, 0.25) is 5.91 Å². The summed E-state index contributed by atoms with van der Waals surface area (Å²) in [5.41, 5.74) is 0. The average molecular weight is 191 g/mol. The van der Waals surface area contributed by atoms with Gasteiger partial charge in [0.1, 0.15) is 5.88 Å². The minimum Gasteiger partial charge on any atom is -0.342 e. The van der Waals surface area contributed by atoms with E-state index in [1.54, 1.807) is 4.90 Å². The molecule has 12 heavy (non-hydrogen) atoms. The molecule has 4 heteroatoms. The zero-order chi connectivity index (χ0) is 8.81. The summed E-state index contributed by atoms with van der Waals surface area (Å²) in [5.74, 6) is 0.206. The third-order valence-corrected chi connectivity index (χ3v) is 2.26. The normalized spacial score (nSPS) is 19.9. The van der Waals surface area contributed by atoms with Crippen LogP contribution in [0.3, 0.4) is 0 Å². The Morgan fingerprint density at radius 3 is 1.92 bits per heavy atom. The van der Waals surface area contributed by atoms with Gasteiger partial charge in [-0.3, -0.25) is 4.79 Å². The van der Waals surface area contributed by atoms with Gasteiger partial charge in [0.05, 0.1) is 0 Å². The van der Waals surface area contributed by atoms with Crippen molar-refractivity contribution in [1.82, 2.24) is 10.2 Å². The van der Waals surface area contributed by atoms with Crippen molar-refractivity contribution >= 4 is 17.5 Å². The number of hydrogen-bond donors (Lipinski definition) is 1. The van der Waals surface area contributed by atoms with Gasteiger partial charge in [-0.15, -0.1) is 11.6 Å². The Morgan fingerprint density at radius 1 is 1.33 bits per heavy atom. The molecule has 0 atom stereocenters. The lowest BCUT2D eigenvalue weighted by molar-refractivity contribution is -0.131. The van der Waals surface area contributed by atoms with Gasteiger partial charge in [0, 0.05) is 13.1 Å². The first-order valence-electron chi connectivity index (χ1n) is 4.39. The van der Waals surface area contributed by atoms with Crippen LogP contribution in [0.25, 0.3) is 0 Å². The molecule has 2 saturated heterocycles. The number of alkyl halides is 1. The van der Waals surface area contributed by atoms with Crippen LogP contribution in [0.1, 0.15) is 12.8 Å². The van der Waals surface area contributed by atoms with Gasteiger partial charge in [0.25, 0.3) is 0 Å². The largest absolute Gasteiger partial charge is 0.342 e. The molecular formula is C8H15ClN2O. The monoisotopic (exact) mass is 190 g/mol. The van der Waals surface area contributed by atoms with E-state index in [4.69, 9.17) is 11.6 Å². The number of carbonyl (C=O) groups is 1. The molecule has 2 rings (SSSR count). The van der Waals surface area contributed by atoms with Crippen molar-refractivity contribution in [1.29, 1.82) is 0 Å². The van der Waals surface area contributed by atoms with Crippen LogP contribution in [-0.2, 0) is 4.79 Å². The van der Waals surface area contributed by atoms with Crippen LogP contribution < -0.4 is 5.32 Å². The number of nitrogens with zero attached hydrogens (tertiary/aromatic N) is 1. The second-order valence-electron chi connectivity index (χ2n) is 2.97. The zero-order valence-electron chi connectivity index (χ0n) is 7.18. The van der Waals surface area contributed by atoms with Gasteiger partial charge in [-0.05, 0) is 25.9 Å². The van der Waals surface area contributed by atoms with Gasteiger partial charge in [-0.1, -0.05) is 0 Å². The summed E-state index contributed by atoms with van der Waals surface area (Å²) in [6.07, 6.45) is 2.53. The molecule has 70 valence electrons. The van der Waals surface area contributed by atoms with Crippen molar-refractivity contribution < 1.29 is 4.79 Å². The maximum absolute atomic E-state index is 10.6. The van der Waals surface area contributed by atoms with E-state index in [0.29, 0.717) is 0 Å². The summed E-state index contributed by atoms with van der Waals surface area (Å²) in [6.45, 7) is 4.32. The number of carbonyl (C=O) groups excluding carboxylic acids is 1. The van der Waals surface area contributed by atoms with Gasteiger partial charge in [-0.2, -0.15) is 0 Å². The van der Waals surface area contributed by atoms with Crippen LogP contribution in [-0.4, -0.2) is 42.9 Å². The van der Waals surface area contributed by atoms with Crippen molar-refractivity contribution in [3.8, 4) is 0 Å². The summed E-state index contributed by atoms with van der Waals surface area (Å²) in [4.78, 5) is 12.3. The quantitative estimate of drug-likeness (QED) is 0.609. The Kier molecular flexibility index (Phi) is 4.40. The molecule has 2 aliphatic heterocycles. The van der Waals surface area contributed by atoms with Crippen molar-refractivity contribution in [2.75, 3.05) is 32.1 Å². The minimum atomic E-state index is 0.0675. The molecule has 0 aromatic heterocycles.